The maximum Gasteiger partial charge on any atom is 0.296 e. The first kappa shape index (κ1) is 23.2. The van der Waals surface area contributed by atoms with Gasteiger partial charge in [-0.15, -0.1) is 0 Å². The van der Waals surface area contributed by atoms with E-state index >= 15 is 0 Å². The highest BCUT2D eigenvalue weighted by Gasteiger charge is 2.15. The van der Waals surface area contributed by atoms with Crippen LogP contribution in [0, 0.1) is 24.7 Å². The Hall–Kier alpha value is -0.870. The lowest BCUT2D eigenvalue weighted by Crippen LogP contribution is -2.10. The van der Waals surface area contributed by atoms with Crippen LogP contribution in [-0.4, -0.2) is 15.0 Å². The van der Waals surface area contributed by atoms with Gasteiger partial charge in [0.1, 0.15) is 0 Å². The average molecular weight is 383 g/mol. The van der Waals surface area contributed by atoms with Crippen molar-refractivity contribution in [2.75, 3.05) is 6.61 Å². The maximum atomic E-state index is 12.2. The molecule has 0 saturated carbocycles. The van der Waals surface area contributed by atoms with Gasteiger partial charge < -0.3 is 0 Å². The number of hydrogen-bond acceptors (Lipinski definition) is 3. The molecule has 0 saturated heterocycles. The molecule has 0 aliphatic heterocycles. The predicted octanol–water partition coefficient (Wildman–Crippen LogP) is 6.36. The number of aryl methyl sites for hydroxylation is 1. The SMILES string of the molecule is Cc1ccc(S(=O)(=O)OCC[C@@H](C)CCC[C@H](C)CCCC(C)C)cc1. The van der Waals surface area contributed by atoms with E-state index in [4.69, 9.17) is 4.18 Å². The summed E-state index contributed by atoms with van der Waals surface area (Å²) in [5.74, 6) is 2.09. The van der Waals surface area contributed by atoms with Crippen LogP contribution in [0.25, 0.3) is 0 Å². The molecule has 1 rings (SSSR count). The molecular formula is C22H38O3S. The second kappa shape index (κ2) is 11.8. The Labute approximate surface area is 161 Å². The molecule has 150 valence electrons. The monoisotopic (exact) mass is 382 g/mol. The molecule has 0 fully saturated rings. The summed E-state index contributed by atoms with van der Waals surface area (Å²) in [6.07, 6.45) is 8.39. The van der Waals surface area contributed by atoms with E-state index < -0.39 is 10.1 Å². The normalized spacial score (nSPS) is 14.5. The molecular weight excluding hydrogens is 344 g/mol. The van der Waals surface area contributed by atoms with Gasteiger partial charge in [0, 0.05) is 0 Å². The zero-order chi connectivity index (χ0) is 19.6. The summed E-state index contributed by atoms with van der Waals surface area (Å²) < 4.78 is 29.5. The minimum absolute atomic E-state index is 0.242. The molecule has 1 aromatic carbocycles. The Morgan fingerprint density at radius 2 is 1.31 bits per heavy atom. The third-order valence-corrected chi connectivity index (χ3v) is 6.36. The fourth-order valence-corrected chi connectivity index (χ4v) is 4.03. The van der Waals surface area contributed by atoms with Gasteiger partial charge in [0.2, 0.25) is 0 Å². The van der Waals surface area contributed by atoms with Gasteiger partial charge in [-0.1, -0.05) is 83.9 Å². The second-order valence-corrected chi connectivity index (χ2v) is 9.96. The molecule has 3 nitrogen and oxygen atoms in total. The minimum atomic E-state index is -3.62. The van der Waals surface area contributed by atoms with E-state index in [0.29, 0.717) is 5.92 Å². The highest BCUT2D eigenvalue weighted by Crippen LogP contribution is 2.21. The van der Waals surface area contributed by atoms with E-state index in [1.165, 1.54) is 32.1 Å². The van der Waals surface area contributed by atoms with Crippen LogP contribution in [0.2, 0.25) is 0 Å². The minimum Gasteiger partial charge on any atom is -0.266 e. The lowest BCUT2D eigenvalue weighted by Gasteiger charge is -2.15. The third kappa shape index (κ3) is 9.72. The zero-order valence-electron chi connectivity index (χ0n) is 17.3. The Kier molecular flexibility index (Phi) is 10.5. The molecule has 0 aromatic heterocycles. The van der Waals surface area contributed by atoms with Crippen LogP contribution in [0.4, 0.5) is 0 Å². The fourth-order valence-electron chi connectivity index (χ4n) is 3.11. The molecule has 0 amide bonds. The molecule has 0 aliphatic carbocycles. The van der Waals surface area contributed by atoms with Crippen LogP contribution >= 0.6 is 0 Å². The summed E-state index contributed by atoms with van der Waals surface area (Å²) in [6, 6.07) is 6.80. The van der Waals surface area contributed by atoms with E-state index in [1.807, 2.05) is 6.92 Å². The molecule has 0 bridgehead atoms. The smallest absolute Gasteiger partial charge is 0.266 e. The van der Waals surface area contributed by atoms with Crippen molar-refractivity contribution in [2.45, 2.75) is 84.5 Å². The number of hydrogen-bond donors (Lipinski definition) is 0. The van der Waals surface area contributed by atoms with E-state index in [9.17, 15) is 8.42 Å². The van der Waals surface area contributed by atoms with Crippen LogP contribution in [0.5, 0.6) is 0 Å². The molecule has 0 heterocycles. The quantitative estimate of drug-likeness (QED) is 0.373. The topological polar surface area (TPSA) is 43.4 Å². The fraction of sp³-hybridized carbons (Fsp3) is 0.727. The molecule has 0 spiro atoms. The Balaban J connectivity index is 2.20. The molecule has 0 N–H and O–H groups in total. The summed E-state index contributed by atoms with van der Waals surface area (Å²) in [5.41, 5.74) is 1.04. The molecule has 0 unspecified atom stereocenters. The van der Waals surface area contributed by atoms with Crippen molar-refractivity contribution in [3.05, 3.63) is 29.8 Å². The van der Waals surface area contributed by atoms with Crippen molar-refractivity contribution in [2.24, 2.45) is 17.8 Å². The molecule has 26 heavy (non-hydrogen) atoms. The highest BCUT2D eigenvalue weighted by atomic mass is 32.2. The summed E-state index contributed by atoms with van der Waals surface area (Å²) in [7, 11) is -3.62. The van der Waals surface area contributed by atoms with E-state index in [-0.39, 0.29) is 11.5 Å². The Morgan fingerprint density at radius 1 is 0.808 bits per heavy atom. The second-order valence-electron chi connectivity index (χ2n) is 8.34. The molecule has 4 heteroatoms. The van der Waals surface area contributed by atoms with Gasteiger partial charge in [-0.3, -0.25) is 4.18 Å². The van der Waals surface area contributed by atoms with Crippen LogP contribution in [0.1, 0.15) is 78.2 Å². The van der Waals surface area contributed by atoms with Gasteiger partial charge >= 0.3 is 0 Å². The van der Waals surface area contributed by atoms with Crippen LogP contribution in [0.3, 0.4) is 0 Å². The van der Waals surface area contributed by atoms with Gasteiger partial charge in [0.25, 0.3) is 10.1 Å². The summed E-state index contributed by atoms with van der Waals surface area (Å²) in [6.45, 7) is 11.3. The Bertz CT molecular complexity index is 590. The van der Waals surface area contributed by atoms with Crippen molar-refractivity contribution >= 4 is 10.1 Å². The van der Waals surface area contributed by atoms with Crippen molar-refractivity contribution in [3.63, 3.8) is 0 Å². The molecule has 0 radical (unpaired) electrons. The van der Waals surface area contributed by atoms with Gasteiger partial charge in [0.05, 0.1) is 11.5 Å². The zero-order valence-corrected chi connectivity index (χ0v) is 18.1. The molecule has 2 atom stereocenters. The lowest BCUT2D eigenvalue weighted by atomic mass is 9.93. The van der Waals surface area contributed by atoms with Gasteiger partial charge in [-0.2, -0.15) is 8.42 Å². The molecule has 1 aromatic rings. The first-order chi connectivity index (χ1) is 12.2. The molecule has 0 aliphatic rings. The van der Waals surface area contributed by atoms with Gasteiger partial charge in [-0.05, 0) is 43.2 Å². The highest BCUT2D eigenvalue weighted by molar-refractivity contribution is 7.86. The lowest BCUT2D eigenvalue weighted by molar-refractivity contribution is 0.278. The van der Waals surface area contributed by atoms with Crippen LogP contribution in [0.15, 0.2) is 29.2 Å². The van der Waals surface area contributed by atoms with Crippen LogP contribution in [-0.2, 0) is 14.3 Å². The van der Waals surface area contributed by atoms with Crippen molar-refractivity contribution in [1.82, 2.24) is 0 Å². The number of rotatable bonds is 13. The van der Waals surface area contributed by atoms with Gasteiger partial charge in [-0.25, -0.2) is 0 Å². The van der Waals surface area contributed by atoms with Crippen molar-refractivity contribution < 1.29 is 12.6 Å². The first-order valence-corrected chi connectivity index (χ1v) is 11.6. The summed E-state index contributed by atoms with van der Waals surface area (Å²) in [5, 5.41) is 0. The van der Waals surface area contributed by atoms with E-state index in [1.54, 1.807) is 24.3 Å². The first-order valence-electron chi connectivity index (χ1n) is 10.2. The van der Waals surface area contributed by atoms with E-state index in [2.05, 4.69) is 27.7 Å². The maximum absolute atomic E-state index is 12.2. The summed E-state index contributed by atoms with van der Waals surface area (Å²) >= 11 is 0. The van der Waals surface area contributed by atoms with E-state index in [0.717, 1.165) is 30.2 Å². The van der Waals surface area contributed by atoms with Crippen molar-refractivity contribution in [3.8, 4) is 0 Å². The predicted molar refractivity (Wildman–Crippen MR) is 110 cm³/mol. The summed E-state index contributed by atoms with van der Waals surface area (Å²) in [4.78, 5) is 0.242. The van der Waals surface area contributed by atoms with Crippen molar-refractivity contribution in [1.29, 1.82) is 0 Å². The van der Waals surface area contributed by atoms with Gasteiger partial charge in [0.15, 0.2) is 0 Å². The average Bonchev–Trinajstić information content (AvgIpc) is 2.54. The Morgan fingerprint density at radius 3 is 1.85 bits per heavy atom. The third-order valence-electron chi connectivity index (χ3n) is 5.03. The number of benzene rings is 1. The largest absolute Gasteiger partial charge is 0.296 e. The standard InChI is InChI=1S/C22H38O3S/c1-18(2)8-6-9-19(3)10-7-11-20(4)16-17-25-26(23,24)22-14-12-21(5)13-15-22/h12-15,18-20H,6-11,16-17H2,1-5H3/t19-,20+/m1/s1. The van der Waals surface area contributed by atoms with Crippen LogP contribution < -0.4 is 0 Å².